The van der Waals surface area contributed by atoms with E-state index in [-0.39, 0.29) is 11.7 Å². The number of benzene rings is 1. The fraction of sp³-hybridized carbons (Fsp3) is 0.375. The van der Waals surface area contributed by atoms with E-state index in [0.717, 1.165) is 31.2 Å². The molecular formula is C16H17NO2. The summed E-state index contributed by atoms with van der Waals surface area (Å²) in [6.45, 7) is 0. The summed E-state index contributed by atoms with van der Waals surface area (Å²) >= 11 is 0. The highest BCUT2D eigenvalue weighted by molar-refractivity contribution is 5.97. The van der Waals surface area contributed by atoms with Crippen molar-refractivity contribution in [1.82, 2.24) is 0 Å². The lowest BCUT2D eigenvalue weighted by Crippen LogP contribution is -2.21. The van der Waals surface area contributed by atoms with Gasteiger partial charge in [-0.05, 0) is 37.3 Å². The summed E-state index contributed by atoms with van der Waals surface area (Å²) in [5.74, 6) is -0.502. The third-order valence-electron chi connectivity index (χ3n) is 3.28. The molecule has 1 aliphatic carbocycles. The van der Waals surface area contributed by atoms with Crippen LogP contribution in [0.1, 0.15) is 37.7 Å². The minimum atomic E-state index is -0.502. The maximum atomic E-state index is 11.9. The first-order chi connectivity index (χ1) is 9.29. The van der Waals surface area contributed by atoms with Crippen molar-refractivity contribution in [2.75, 3.05) is 0 Å². The summed E-state index contributed by atoms with van der Waals surface area (Å²) in [6.07, 6.45) is 6.79. The molecule has 19 heavy (non-hydrogen) atoms. The first kappa shape index (κ1) is 13.4. The summed E-state index contributed by atoms with van der Waals surface area (Å²) < 4.78 is 5.39. The van der Waals surface area contributed by atoms with E-state index in [1.165, 1.54) is 6.42 Å². The molecule has 0 bridgehead atoms. The molecule has 1 aliphatic rings. The molecule has 1 aromatic rings. The lowest BCUT2D eigenvalue weighted by Gasteiger charge is -2.21. The zero-order valence-corrected chi connectivity index (χ0v) is 10.8. The molecule has 0 aliphatic heterocycles. The monoisotopic (exact) mass is 255 g/mol. The average Bonchev–Trinajstić information content (AvgIpc) is 2.47. The van der Waals surface area contributed by atoms with E-state index in [1.807, 2.05) is 36.4 Å². The molecule has 1 fully saturated rings. The SMILES string of the molecule is N#C/C(=C\c1ccccc1)C(=O)OC1CCCCC1. The first-order valence-corrected chi connectivity index (χ1v) is 6.67. The predicted octanol–water partition coefficient (Wildman–Crippen LogP) is 3.47. The third kappa shape index (κ3) is 3.96. The Morgan fingerprint density at radius 3 is 2.53 bits per heavy atom. The maximum absolute atomic E-state index is 11.9. The fourth-order valence-corrected chi connectivity index (χ4v) is 2.25. The van der Waals surface area contributed by atoms with Crippen LogP contribution in [0.15, 0.2) is 35.9 Å². The number of hydrogen-bond donors (Lipinski definition) is 0. The van der Waals surface area contributed by atoms with E-state index in [0.29, 0.717) is 0 Å². The van der Waals surface area contributed by atoms with Gasteiger partial charge in [0.25, 0.3) is 0 Å². The molecule has 0 saturated heterocycles. The molecular weight excluding hydrogens is 238 g/mol. The van der Waals surface area contributed by atoms with Crippen molar-refractivity contribution in [2.24, 2.45) is 0 Å². The van der Waals surface area contributed by atoms with Gasteiger partial charge in [0.2, 0.25) is 0 Å². The van der Waals surface area contributed by atoms with Crippen LogP contribution in [0.4, 0.5) is 0 Å². The van der Waals surface area contributed by atoms with Crippen molar-refractivity contribution < 1.29 is 9.53 Å². The van der Waals surface area contributed by atoms with Gasteiger partial charge in [-0.15, -0.1) is 0 Å². The average molecular weight is 255 g/mol. The van der Waals surface area contributed by atoms with Crippen molar-refractivity contribution in [3.8, 4) is 6.07 Å². The molecule has 1 aromatic carbocycles. The Morgan fingerprint density at radius 1 is 1.21 bits per heavy atom. The zero-order chi connectivity index (χ0) is 13.5. The predicted molar refractivity (Wildman–Crippen MR) is 73.0 cm³/mol. The Balaban J connectivity index is 2.03. The van der Waals surface area contributed by atoms with Crippen molar-refractivity contribution in [2.45, 2.75) is 38.2 Å². The largest absolute Gasteiger partial charge is 0.458 e. The molecule has 0 heterocycles. The molecule has 98 valence electrons. The van der Waals surface area contributed by atoms with Gasteiger partial charge in [-0.1, -0.05) is 36.8 Å². The summed E-state index contributed by atoms with van der Waals surface area (Å²) in [5.41, 5.74) is 0.899. The lowest BCUT2D eigenvalue weighted by atomic mass is 9.98. The smallest absolute Gasteiger partial charge is 0.349 e. The van der Waals surface area contributed by atoms with E-state index < -0.39 is 5.97 Å². The molecule has 2 rings (SSSR count). The summed E-state index contributed by atoms with van der Waals surface area (Å²) in [5, 5.41) is 9.07. The summed E-state index contributed by atoms with van der Waals surface area (Å²) in [4.78, 5) is 11.9. The molecule has 0 spiro atoms. The van der Waals surface area contributed by atoms with Gasteiger partial charge in [-0.2, -0.15) is 5.26 Å². The van der Waals surface area contributed by atoms with Gasteiger partial charge in [0.05, 0.1) is 0 Å². The molecule has 0 atom stereocenters. The Labute approximate surface area is 113 Å². The van der Waals surface area contributed by atoms with Gasteiger partial charge in [0, 0.05) is 0 Å². The van der Waals surface area contributed by atoms with Crippen molar-refractivity contribution in [3.05, 3.63) is 41.5 Å². The summed E-state index contributed by atoms with van der Waals surface area (Å²) in [6, 6.07) is 11.3. The molecule has 0 amide bonds. The standard InChI is InChI=1S/C16H17NO2/c17-12-14(11-13-7-3-1-4-8-13)16(18)19-15-9-5-2-6-10-15/h1,3-4,7-8,11,15H,2,5-6,9-10H2/b14-11+. The number of nitrogens with zero attached hydrogens (tertiary/aromatic N) is 1. The van der Waals surface area contributed by atoms with Crippen LogP contribution >= 0.6 is 0 Å². The van der Waals surface area contributed by atoms with Crippen molar-refractivity contribution in [3.63, 3.8) is 0 Å². The quantitative estimate of drug-likeness (QED) is 0.472. The number of carbonyl (C=O) groups is 1. The van der Waals surface area contributed by atoms with Crippen LogP contribution in [0.2, 0.25) is 0 Å². The van der Waals surface area contributed by atoms with Gasteiger partial charge in [0.15, 0.2) is 0 Å². The number of nitriles is 1. The van der Waals surface area contributed by atoms with E-state index >= 15 is 0 Å². The zero-order valence-electron chi connectivity index (χ0n) is 10.8. The van der Waals surface area contributed by atoms with Gasteiger partial charge in [-0.25, -0.2) is 4.79 Å². The topological polar surface area (TPSA) is 50.1 Å². The highest BCUT2D eigenvalue weighted by atomic mass is 16.5. The molecule has 0 radical (unpaired) electrons. The number of carbonyl (C=O) groups excluding carboxylic acids is 1. The van der Waals surface area contributed by atoms with Gasteiger partial charge < -0.3 is 4.74 Å². The first-order valence-electron chi connectivity index (χ1n) is 6.67. The summed E-state index contributed by atoms with van der Waals surface area (Å²) in [7, 11) is 0. The molecule has 1 saturated carbocycles. The number of ether oxygens (including phenoxy) is 1. The van der Waals surface area contributed by atoms with E-state index in [2.05, 4.69) is 0 Å². The van der Waals surface area contributed by atoms with E-state index in [9.17, 15) is 4.79 Å². The lowest BCUT2D eigenvalue weighted by molar-refractivity contribution is -0.145. The van der Waals surface area contributed by atoms with Crippen LogP contribution in [0, 0.1) is 11.3 Å². The highest BCUT2D eigenvalue weighted by Crippen LogP contribution is 2.21. The van der Waals surface area contributed by atoms with Crippen LogP contribution in [0.25, 0.3) is 6.08 Å². The second kappa shape index (κ2) is 6.75. The molecule has 0 aromatic heterocycles. The van der Waals surface area contributed by atoms with Crippen LogP contribution in [-0.4, -0.2) is 12.1 Å². The number of esters is 1. The minimum Gasteiger partial charge on any atom is -0.458 e. The fourth-order valence-electron chi connectivity index (χ4n) is 2.25. The molecule has 3 nitrogen and oxygen atoms in total. The van der Waals surface area contributed by atoms with Crippen LogP contribution in [0.5, 0.6) is 0 Å². The number of rotatable bonds is 3. The minimum absolute atomic E-state index is 0.0197. The van der Waals surface area contributed by atoms with Crippen molar-refractivity contribution >= 4 is 12.0 Å². The van der Waals surface area contributed by atoms with Crippen LogP contribution < -0.4 is 0 Å². The Bertz CT molecular complexity index is 493. The van der Waals surface area contributed by atoms with Gasteiger partial charge in [0.1, 0.15) is 17.7 Å². The van der Waals surface area contributed by atoms with Crippen LogP contribution in [0.3, 0.4) is 0 Å². The third-order valence-corrected chi connectivity index (χ3v) is 3.28. The van der Waals surface area contributed by atoms with Gasteiger partial charge in [-0.3, -0.25) is 0 Å². The molecule has 0 unspecified atom stereocenters. The Kier molecular flexibility index (Phi) is 4.74. The maximum Gasteiger partial charge on any atom is 0.349 e. The van der Waals surface area contributed by atoms with E-state index in [4.69, 9.17) is 10.00 Å². The second-order valence-corrected chi connectivity index (χ2v) is 4.75. The molecule has 3 heteroatoms. The second-order valence-electron chi connectivity index (χ2n) is 4.75. The van der Waals surface area contributed by atoms with Crippen LogP contribution in [-0.2, 0) is 9.53 Å². The Hall–Kier alpha value is -2.08. The Morgan fingerprint density at radius 2 is 1.89 bits per heavy atom. The van der Waals surface area contributed by atoms with E-state index in [1.54, 1.807) is 6.08 Å². The molecule has 0 N–H and O–H groups in total. The normalized spacial score (nSPS) is 16.7. The highest BCUT2D eigenvalue weighted by Gasteiger charge is 2.20. The van der Waals surface area contributed by atoms with Gasteiger partial charge >= 0.3 is 5.97 Å². The number of hydrogen-bond acceptors (Lipinski definition) is 3. The van der Waals surface area contributed by atoms with Crippen molar-refractivity contribution in [1.29, 1.82) is 5.26 Å².